The number of rotatable bonds is 5. The van der Waals surface area contributed by atoms with Crippen LogP contribution >= 0.6 is 11.3 Å². The molecular formula is C25H27N3O4S. The lowest BCUT2D eigenvalue weighted by Gasteiger charge is -2.31. The number of hydrogen-bond donors (Lipinski definition) is 1. The predicted molar refractivity (Wildman–Crippen MR) is 128 cm³/mol. The van der Waals surface area contributed by atoms with Gasteiger partial charge >= 0.3 is 0 Å². The van der Waals surface area contributed by atoms with Crippen molar-refractivity contribution in [1.29, 1.82) is 0 Å². The van der Waals surface area contributed by atoms with Crippen LogP contribution in [0.3, 0.4) is 0 Å². The average molecular weight is 466 g/mol. The van der Waals surface area contributed by atoms with Crippen LogP contribution in [0.25, 0.3) is 11.1 Å². The summed E-state index contributed by atoms with van der Waals surface area (Å²) in [7, 11) is 0. The van der Waals surface area contributed by atoms with Crippen LogP contribution in [0.15, 0.2) is 59.2 Å². The third-order valence-electron chi connectivity index (χ3n) is 6.17. The van der Waals surface area contributed by atoms with E-state index in [1.165, 1.54) is 6.26 Å². The Bertz CT molecular complexity index is 1080. The third kappa shape index (κ3) is 4.82. The number of carbonyl (C=O) groups is 2. The predicted octanol–water partition coefficient (Wildman–Crippen LogP) is 3.88. The number of piperidine rings is 1. The van der Waals surface area contributed by atoms with Gasteiger partial charge in [0.15, 0.2) is 5.76 Å². The average Bonchev–Trinajstić information content (AvgIpc) is 3.56. The second-order valence-corrected chi connectivity index (χ2v) is 9.34. The van der Waals surface area contributed by atoms with Gasteiger partial charge in [-0.3, -0.25) is 9.59 Å². The van der Waals surface area contributed by atoms with E-state index in [9.17, 15) is 9.59 Å². The minimum atomic E-state index is -0.0920. The molecule has 2 fully saturated rings. The number of carbonyl (C=O) groups excluding carboxylic acids is 2. The van der Waals surface area contributed by atoms with E-state index in [1.807, 2.05) is 24.3 Å². The number of anilines is 1. The Kier molecular flexibility index (Phi) is 6.46. The summed E-state index contributed by atoms with van der Waals surface area (Å²) in [4.78, 5) is 30.4. The summed E-state index contributed by atoms with van der Waals surface area (Å²) >= 11 is 1.54. The van der Waals surface area contributed by atoms with Crippen molar-refractivity contribution in [3.05, 3.63) is 65.4 Å². The molecule has 2 aromatic heterocycles. The molecule has 7 nitrogen and oxygen atoms in total. The van der Waals surface area contributed by atoms with Crippen molar-refractivity contribution < 1.29 is 18.7 Å². The molecule has 2 saturated heterocycles. The van der Waals surface area contributed by atoms with Crippen LogP contribution in [0.5, 0.6) is 0 Å². The number of nitrogens with zero attached hydrogens (tertiary/aromatic N) is 2. The zero-order valence-electron chi connectivity index (χ0n) is 18.4. The molecular weight excluding hydrogens is 438 g/mol. The Morgan fingerprint density at radius 3 is 2.42 bits per heavy atom. The molecule has 0 aliphatic carbocycles. The Morgan fingerprint density at radius 2 is 1.73 bits per heavy atom. The van der Waals surface area contributed by atoms with Gasteiger partial charge in [-0.1, -0.05) is 30.3 Å². The van der Waals surface area contributed by atoms with Gasteiger partial charge in [0.05, 0.1) is 29.4 Å². The van der Waals surface area contributed by atoms with Gasteiger partial charge in [0.1, 0.15) is 0 Å². The van der Waals surface area contributed by atoms with Gasteiger partial charge in [-0.15, -0.1) is 11.3 Å². The minimum Gasteiger partial charge on any atom is -0.459 e. The van der Waals surface area contributed by atoms with E-state index in [2.05, 4.69) is 22.3 Å². The van der Waals surface area contributed by atoms with Gasteiger partial charge in [0.2, 0.25) is 0 Å². The normalized spacial score (nSPS) is 17.2. The fourth-order valence-electron chi connectivity index (χ4n) is 4.36. The number of amides is 2. The van der Waals surface area contributed by atoms with Crippen LogP contribution in [0.2, 0.25) is 0 Å². The maximum absolute atomic E-state index is 13.2. The van der Waals surface area contributed by atoms with Crippen molar-refractivity contribution in [3.8, 4) is 11.1 Å². The Balaban J connectivity index is 1.27. The maximum atomic E-state index is 13.2. The number of likely N-dealkylation sites (tertiary alicyclic amines) is 1. The van der Waals surface area contributed by atoms with Crippen molar-refractivity contribution in [2.24, 2.45) is 0 Å². The summed E-state index contributed by atoms with van der Waals surface area (Å²) in [5.41, 5.74) is 2.20. The maximum Gasteiger partial charge on any atom is 0.289 e. The number of ether oxygens (including phenoxy) is 1. The monoisotopic (exact) mass is 465 g/mol. The number of benzene rings is 1. The van der Waals surface area contributed by atoms with E-state index in [0.717, 1.165) is 42.1 Å². The van der Waals surface area contributed by atoms with Gasteiger partial charge in [-0.2, -0.15) is 0 Å². The first kappa shape index (κ1) is 21.7. The van der Waals surface area contributed by atoms with Crippen LogP contribution in [-0.2, 0) is 4.74 Å². The fraction of sp³-hybridized carbons (Fsp3) is 0.360. The molecule has 1 aromatic carbocycles. The van der Waals surface area contributed by atoms with E-state index < -0.39 is 0 Å². The molecule has 0 unspecified atom stereocenters. The molecule has 33 heavy (non-hydrogen) atoms. The van der Waals surface area contributed by atoms with Gasteiger partial charge in [0.25, 0.3) is 11.8 Å². The Hall–Kier alpha value is -3.10. The highest BCUT2D eigenvalue weighted by Gasteiger charge is 2.27. The van der Waals surface area contributed by atoms with Gasteiger partial charge in [-0.25, -0.2) is 0 Å². The lowest BCUT2D eigenvalue weighted by molar-refractivity contribution is 0.0667. The highest BCUT2D eigenvalue weighted by molar-refractivity contribution is 7.18. The van der Waals surface area contributed by atoms with E-state index in [-0.39, 0.29) is 17.9 Å². The van der Waals surface area contributed by atoms with Gasteiger partial charge in [-0.05, 0) is 36.6 Å². The van der Waals surface area contributed by atoms with Gasteiger partial charge < -0.3 is 24.3 Å². The molecule has 2 aliphatic rings. The smallest absolute Gasteiger partial charge is 0.289 e. The summed E-state index contributed by atoms with van der Waals surface area (Å²) < 4.78 is 10.7. The zero-order valence-corrected chi connectivity index (χ0v) is 19.2. The lowest BCUT2D eigenvalue weighted by Crippen LogP contribution is -2.46. The molecule has 8 heteroatoms. The summed E-state index contributed by atoms with van der Waals surface area (Å²) in [5.74, 6) is 0.221. The number of morpholine rings is 1. The van der Waals surface area contributed by atoms with Crippen LogP contribution in [0.1, 0.15) is 33.1 Å². The van der Waals surface area contributed by atoms with E-state index in [1.54, 1.807) is 28.4 Å². The molecule has 0 spiro atoms. The highest BCUT2D eigenvalue weighted by atomic mass is 32.1. The first-order chi connectivity index (χ1) is 16.2. The number of hydrogen-bond acceptors (Lipinski definition) is 6. The molecule has 172 valence electrons. The van der Waals surface area contributed by atoms with Crippen LogP contribution in [0, 0.1) is 0 Å². The fourth-order valence-corrected chi connectivity index (χ4v) is 5.49. The zero-order chi connectivity index (χ0) is 22.6. The third-order valence-corrected chi connectivity index (χ3v) is 7.36. The van der Waals surface area contributed by atoms with Crippen LogP contribution in [-0.4, -0.2) is 62.1 Å². The lowest BCUT2D eigenvalue weighted by atomic mass is 10.0. The first-order valence-electron chi connectivity index (χ1n) is 11.3. The standard InChI is InChI=1S/C25H27N3O4S/c29-23(26-19-8-10-27(11-9-19)24(30)21-7-4-14-32-21)22-17-20(18-5-2-1-3-6-18)25(33-22)28-12-15-31-16-13-28/h1-7,14,17,19H,8-13,15-16H2,(H,26,29). The van der Waals surface area contributed by atoms with E-state index >= 15 is 0 Å². The van der Waals surface area contributed by atoms with Crippen molar-refractivity contribution in [1.82, 2.24) is 10.2 Å². The van der Waals surface area contributed by atoms with Gasteiger partial charge in [0, 0.05) is 37.8 Å². The molecule has 1 N–H and O–H groups in total. The highest BCUT2D eigenvalue weighted by Crippen LogP contribution is 2.39. The molecule has 0 atom stereocenters. The minimum absolute atomic E-state index is 0.0484. The quantitative estimate of drug-likeness (QED) is 0.619. The van der Waals surface area contributed by atoms with Crippen LogP contribution < -0.4 is 10.2 Å². The van der Waals surface area contributed by atoms with Crippen molar-refractivity contribution in [3.63, 3.8) is 0 Å². The van der Waals surface area contributed by atoms with Crippen molar-refractivity contribution in [2.45, 2.75) is 18.9 Å². The molecule has 3 aromatic rings. The largest absolute Gasteiger partial charge is 0.459 e. The molecule has 2 aliphatic heterocycles. The summed E-state index contributed by atoms with van der Waals surface area (Å²) in [6.45, 7) is 4.24. The number of furan rings is 1. The molecule has 0 radical (unpaired) electrons. The molecule has 0 saturated carbocycles. The molecule has 2 amide bonds. The number of nitrogens with one attached hydrogen (secondary N) is 1. The SMILES string of the molecule is O=C(NC1CCN(C(=O)c2ccco2)CC1)c1cc(-c2ccccc2)c(N2CCOCC2)s1. The van der Waals surface area contributed by atoms with Crippen molar-refractivity contribution in [2.75, 3.05) is 44.3 Å². The van der Waals surface area contributed by atoms with Crippen LogP contribution in [0.4, 0.5) is 5.00 Å². The second-order valence-electron chi connectivity index (χ2n) is 8.31. The summed E-state index contributed by atoms with van der Waals surface area (Å²) in [6.07, 6.45) is 2.97. The number of thiophene rings is 1. The molecule has 5 rings (SSSR count). The molecule has 4 heterocycles. The topological polar surface area (TPSA) is 75.0 Å². The molecule has 0 bridgehead atoms. The summed E-state index contributed by atoms with van der Waals surface area (Å²) in [5, 5.41) is 4.31. The summed E-state index contributed by atoms with van der Waals surface area (Å²) in [6, 6.07) is 15.7. The second kappa shape index (κ2) is 9.80. The van der Waals surface area contributed by atoms with E-state index in [0.29, 0.717) is 36.9 Å². The Labute approximate surface area is 196 Å². The first-order valence-corrected chi connectivity index (χ1v) is 12.2. The van der Waals surface area contributed by atoms with Crippen molar-refractivity contribution >= 4 is 28.2 Å². The van der Waals surface area contributed by atoms with E-state index in [4.69, 9.17) is 9.15 Å². The Morgan fingerprint density at radius 1 is 0.970 bits per heavy atom.